The van der Waals surface area contributed by atoms with Crippen molar-refractivity contribution in [3.8, 4) is 0 Å². The van der Waals surface area contributed by atoms with Crippen LogP contribution < -0.4 is 16.0 Å². The number of nitrogen functional groups attached to an aromatic ring is 1. The van der Waals surface area contributed by atoms with Gasteiger partial charge in [-0.25, -0.2) is 9.97 Å². The molecular weight excluding hydrogens is 206 g/mol. The zero-order valence-electron chi connectivity index (χ0n) is 9.18. The molecule has 0 saturated carbocycles. The fourth-order valence-electron chi connectivity index (χ4n) is 1.91. The fraction of sp³-hybridized carbons (Fsp3) is 0.500. The van der Waals surface area contributed by atoms with Crippen LogP contribution in [0, 0.1) is 0 Å². The maximum Gasteiger partial charge on any atom is 0.217 e. The molecule has 0 bridgehead atoms. The monoisotopic (exact) mass is 221 g/mol. The molecule has 1 aromatic heterocycles. The van der Waals surface area contributed by atoms with Gasteiger partial charge in [-0.3, -0.25) is 4.79 Å². The van der Waals surface area contributed by atoms with Crippen LogP contribution in [0.4, 0.5) is 11.6 Å². The molecule has 1 amide bonds. The first kappa shape index (κ1) is 10.7. The van der Waals surface area contributed by atoms with E-state index in [1.807, 2.05) is 0 Å². The van der Waals surface area contributed by atoms with Gasteiger partial charge in [0, 0.05) is 32.1 Å². The Morgan fingerprint density at radius 3 is 3.12 bits per heavy atom. The zero-order valence-corrected chi connectivity index (χ0v) is 9.18. The van der Waals surface area contributed by atoms with Crippen molar-refractivity contribution in [1.82, 2.24) is 15.3 Å². The van der Waals surface area contributed by atoms with Crippen LogP contribution in [0.25, 0.3) is 0 Å². The lowest BCUT2D eigenvalue weighted by molar-refractivity contribution is -0.119. The van der Waals surface area contributed by atoms with E-state index in [-0.39, 0.29) is 11.9 Å². The number of carbonyl (C=O) groups is 1. The van der Waals surface area contributed by atoms with E-state index in [0.717, 1.165) is 25.3 Å². The standard InChI is InChI=1S/C10H15N5O/c1-7(16)14-8-2-3-15(5-8)10-4-9(11)12-6-13-10/h4,6,8H,2-3,5H2,1H3,(H,14,16)(H2,11,12,13). The van der Waals surface area contributed by atoms with Crippen molar-refractivity contribution in [3.05, 3.63) is 12.4 Å². The fourth-order valence-corrected chi connectivity index (χ4v) is 1.91. The molecule has 1 atom stereocenters. The van der Waals surface area contributed by atoms with E-state index in [0.29, 0.717) is 5.82 Å². The van der Waals surface area contributed by atoms with Crippen LogP contribution in [0.3, 0.4) is 0 Å². The van der Waals surface area contributed by atoms with Crippen LogP contribution in [-0.4, -0.2) is 35.0 Å². The summed E-state index contributed by atoms with van der Waals surface area (Å²) in [4.78, 5) is 21.0. The minimum absolute atomic E-state index is 0.00838. The van der Waals surface area contributed by atoms with Gasteiger partial charge >= 0.3 is 0 Å². The Hall–Kier alpha value is -1.85. The molecule has 2 rings (SSSR count). The largest absolute Gasteiger partial charge is 0.384 e. The minimum atomic E-state index is 0.00838. The summed E-state index contributed by atoms with van der Waals surface area (Å²) in [5.74, 6) is 1.29. The Bertz CT molecular complexity index is 395. The van der Waals surface area contributed by atoms with E-state index < -0.39 is 0 Å². The molecule has 1 aliphatic heterocycles. The molecule has 3 N–H and O–H groups in total. The highest BCUT2D eigenvalue weighted by Gasteiger charge is 2.23. The van der Waals surface area contributed by atoms with Crippen molar-refractivity contribution >= 4 is 17.5 Å². The molecule has 6 nitrogen and oxygen atoms in total. The second-order valence-electron chi connectivity index (χ2n) is 3.93. The number of carbonyl (C=O) groups excluding carboxylic acids is 1. The summed E-state index contributed by atoms with van der Waals surface area (Å²) in [7, 11) is 0. The van der Waals surface area contributed by atoms with E-state index in [2.05, 4.69) is 20.2 Å². The molecule has 1 saturated heterocycles. The number of rotatable bonds is 2. The summed E-state index contributed by atoms with van der Waals surface area (Å²) >= 11 is 0. The Labute approximate surface area is 93.9 Å². The third-order valence-corrected chi connectivity index (χ3v) is 2.59. The molecule has 0 aliphatic carbocycles. The second-order valence-corrected chi connectivity index (χ2v) is 3.93. The van der Waals surface area contributed by atoms with Gasteiger partial charge in [-0.1, -0.05) is 0 Å². The van der Waals surface area contributed by atoms with Gasteiger partial charge in [-0.2, -0.15) is 0 Å². The third kappa shape index (κ3) is 2.39. The van der Waals surface area contributed by atoms with Crippen molar-refractivity contribution in [2.45, 2.75) is 19.4 Å². The Kier molecular flexibility index (Phi) is 2.89. The number of amides is 1. The van der Waals surface area contributed by atoms with Gasteiger partial charge in [0.05, 0.1) is 0 Å². The molecule has 1 fully saturated rings. The van der Waals surface area contributed by atoms with Gasteiger partial charge in [-0.05, 0) is 6.42 Å². The number of nitrogens with zero attached hydrogens (tertiary/aromatic N) is 3. The second kappa shape index (κ2) is 4.34. The van der Waals surface area contributed by atoms with Crippen molar-refractivity contribution in [3.63, 3.8) is 0 Å². The van der Waals surface area contributed by atoms with Crippen LogP contribution in [-0.2, 0) is 4.79 Å². The SMILES string of the molecule is CC(=O)NC1CCN(c2cc(N)ncn2)C1. The van der Waals surface area contributed by atoms with Crippen LogP contribution >= 0.6 is 0 Å². The average molecular weight is 221 g/mol. The summed E-state index contributed by atoms with van der Waals surface area (Å²) in [5, 5.41) is 2.90. The van der Waals surface area contributed by atoms with E-state index >= 15 is 0 Å². The van der Waals surface area contributed by atoms with Crippen LogP contribution in [0.5, 0.6) is 0 Å². The molecule has 86 valence electrons. The van der Waals surface area contributed by atoms with Crippen LogP contribution in [0.2, 0.25) is 0 Å². The van der Waals surface area contributed by atoms with Gasteiger partial charge in [0.25, 0.3) is 0 Å². The van der Waals surface area contributed by atoms with Crippen molar-refractivity contribution in [1.29, 1.82) is 0 Å². The molecule has 2 heterocycles. The summed E-state index contributed by atoms with van der Waals surface area (Å²) in [5.41, 5.74) is 5.59. The summed E-state index contributed by atoms with van der Waals surface area (Å²) in [6.07, 6.45) is 2.39. The summed E-state index contributed by atoms with van der Waals surface area (Å²) in [6.45, 7) is 3.18. The van der Waals surface area contributed by atoms with E-state index in [1.54, 1.807) is 6.07 Å². The molecule has 0 radical (unpaired) electrons. The maximum atomic E-state index is 10.9. The Balaban J connectivity index is 2.00. The number of hydrogen-bond donors (Lipinski definition) is 2. The first-order valence-corrected chi connectivity index (χ1v) is 5.24. The molecule has 1 unspecified atom stereocenters. The van der Waals surface area contributed by atoms with E-state index in [4.69, 9.17) is 5.73 Å². The van der Waals surface area contributed by atoms with E-state index in [9.17, 15) is 4.79 Å². The molecule has 0 spiro atoms. The Morgan fingerprint density at radius 2 is 2.44 bits per heavy atom. The molecule has 1 aliphatic rings. The predicted octanol–water partition coefficient (Wildman–Crippen LogP) is -0.226. The Morgan fingerprint density at radius 1 is 1.62 bits per heavy atom. The van der Waals surface area contributed by atoms with Crippen molar-refractivity contribution < 1.29 is 4.79 Å². The predicted molar refractivity (Wildman–Crippen MR) is 60.9 cm³/mol. The highest BCUT2D eigenvalue weighted by Crippen LogP contribution is 2.18. The quantitative estimate of drug-likeness (QED) is 0.721. The number of aromatic nitrogens is 2. The smallest absolute Gasteiger partial charge is 0.217 e. The van der Waals surface area contributed by atoms with Crippen LogP contribution in [0.1, 0.15) is 13.3 Å². The first-order valence-electron chi connectivity index (χ1n) is 5.24. The highest BCUT2D eigenvalue weighted by atomic mass is 16.1. The van der Waals surface area contributed by atoms with Crippen molar-refractivity contribution in [2.75, 3.05) is 23.7 Å². The number of nitrogens with one attached hydrogen (secondary N) is 1. The number of nitrogens with two attached hydrogens (primary N) is 1. The number of hydrogen-bond acceptors (Lipinski definition) is 5. The maximum absolute atomic E-state index is 10.9. The molecular formula is C10H15N5O. The highest BCUT2D eigenvalue weighted by molar-refractivity contribution is 5.73. The van der Waals surface area contributed by atoms with Gasteiger partial charge < -0.3 is 16.0 Å². The molecule has 16 heavy (non-hydrogen) atoms. The van der Waals surface area contributed by atoms with Gasteiger partial charge in [-0.15, -0.1) is 0 Å². The first-order chi connectivity index (χ1) is 7.65. The van der Waals surface area contributed by atoms with Crippen LogP contribution in [0.15, 0.2) is 12.4 Å². The third-order valence-electron chi connectivity index (χ3n) is 2.59. The summed E-state index contributed by atoms with van der Waals surface area (Å²) in [6, 6.07) is 1.95. The lowest BCUT2D eigenvalue weighted by Gasteiger charge is -2.17. The lowest BCUT2D eigenvalue weighted by atomic mass is 10.3. The van der Waals surface area contributed by atoms with Gasteiger partial charge in [0.15, 0.2) is 0 Å². The van der Waals surface area contributed by atoms with Gasteiger partial charge in [0.1, 0.15) is 18.0 Å². The van der Waals surface area contributed by atoms with E-state index in [1.165, 1.54) is 13.3 Å². The molecule has 6 heteroatoms. The summed E-state index contributed by atoms with van der Waals surface area (Å²) < 4.78 is 0. The number of anilines is 2. The topological polar surface area (TPSA) is 84.1 Å². The zero-order chi connectivity index (χ0) is 11.5. The lowest BCUT2D eigenvalue weighted by Crippen LogP contribution is -2.35. The van der Waals surface area contributed by atoms with Gasteiger partial charge in [0.2, 0.25) is 5.91 Å². The molecule has 0 aromatic carbocycles. The minimum Gasteiger partial charge on any atom is -0.384 e. The van der Waals surface area contributed by atoms with Crippen molar-refractivity contribution in [2.24, 2.45) is 0 Å². The average Bonchev–Trinajstić information content (AvgIpc) is 2.65. The molecule has 1 aromatic rings. The normalized spacial score (nSPS) is 19.8.